The van der Waals surface area contributed by atoms with Crippen molar-refractivity contribution >= 4 is 6.01 Å². The first-order chi connectivity index (χ1) is 9.31. The Labute approximate surface area is 115 Å². The molecule has 1 aromatic rings. The van der Waals surface area contributed by atoms with Crippen molar-refractivity contribution < 1.29 is 22.7 Å². The summed E-state index contributed by atoms with van der Waals surface area (Å²) < 4.78 is 42.3. The molecule has 2 N–H and O–H groups in total. The minimum Gasteiger partial charge on any atom is -0.407 e. The van der Waals surface area contributed by atoms with E-state index in [0.29, 0.717) is 12.5 Å². The van der Waals surface area contributed by atoms with Gasteiger partial charge in [-0.1, -0.05) is 18.9 Å². The second kappa shape index (κ2) is 7.44. The molecule has 0 atom stereocenters. The van der Waals surface area contributed by atoms with E-state index in [2.05, 4.69) is 15.5 Å². The first kappa shape index (κ1) is 16.7. The van der Waals surface area contributed by atoms with Crippen molar-refractivity contribution in [3.05, 3.63) is 5.89 Å². The van der Waals surface area contributed by atoms with Crippen LogP contribution < -0.4 is 10.2 Å². The number of aromatic nitrogens is 2. The molecular formula is C11H19F3N4O2. The van der Waals surface area contributed by atoms with Crippen LogP contribution in [-0.2, 0) is 6.54 Å². The molecule has 0 saturated carbocycles. The van der Waals surface area contributed by atoms with Gasteiger partial charge in [0.05, 0.1) is 13.2 Å². The van der Waals surface area contributed by atoms with Crippen LogP contribution in [0.4, 0.5) is 19.2 Å². The van der Waals surface area contributed by atoms with Gasteiger partial charge in [-0.2, -0.15) is 13.2 Å². The molecule has 6 nitrogen and oxygen atoms in total. The summed E-state index contributed by atoms with van der Waals surface area (Å²) in [5.41, 5.74) is 0. The van der Waals surface area contributed by atoms with E-state index in [1.807, 2.05) is 13.8 Å². The number of hydrogen-bond acceptors (Lipinski definition) is 6. The molecule has 0 unspecified atom stereocenters. The van der Waals surface area contributed by atoms with Crippen molar-refractivity contribution in [1.82, 2.24) is 15.5 Å². The minimum atomic E-state index is -4.40. The van der Waals surface area contributed by atoms with Crippen molar-refractivity contribution in [2.75, 3.05) is 31.1 Å². The van der Waals surface area contributed by atoms with Crippen LogP contribution in [0.25, 0.3) is 0 Å². The van der Waals surface area contributed by atoms with Gasteiger partial charge in [0.25, 0.3) is 0 Å². The molecule has 0 radical (unpaired) electrons. The highest BCUT2D eigenvalue weighted by molar-refractivity contribution is 5.24. The fourth-order valence-electron chi connectivity index (χ4n) is 1.49. The topological polar surface area (TPSA) is 74.4 Å². The highest BCUT2D eigenvalue weighted by Gasteiger charge is 2.32. The van der Waals surface area contributed by atoms with Crippen LogP contribution >= 0.6 is 0 Å². The van der Waals surface area contributed by atoms with E-state index in [1.165, 1.54) is 0 Å². The molecule has 9 heteroatoms. The normalized spacial score (nSPS) is 12.2. The summed E-state index contributed by atoms with van der Waals surface area (Å²) in [5, 5.41) is 19.1. The maximum atomic E-state index is 12.4. The fraction of sp³-hybridized carbons (Fsp3) is 0.818. The molecule has 0 fully saturated rings. The highest BCUT2D eigenvalue weighted by atomic mass is 19.4. The van der Waals surface area contributed by atoms with Crippen LogP contribution in [0.15, 0.2) is 4.42 Å². The lowest BCUT2D eigenvalue weighted by molar-refractivity contribution is -0.120. The third kappa shape index (κ3) is 6.20. The number of aliphatic hydroxyl groups excluding tert-OH is 1. The van der Waals surface area contributed by atoms with E-state index < -0.39 is 19.3 Å². The Morgan fingerprint density at radius 1 is 1.35 bits per heavy atom. The van der Waals surface area contributed by atoms with Crippen molar-refractivity contribution in [3.8, 4) is 0 Å². The predicted molar refractivity (Wildman–Crippen MR) is 66.2 cm³/mol. The SMILES string of the molecule is CC(C)CNCc1nnc(N(CCO)CC(F)(F)F)o1. The van der Waals surface area contributed by atoms with E-state index in [1.54, 1.807) is 0 Å². The molecule has 0 bridgehead atoms. The molecule has 1 rings (SSSR count). The summed E-state index contributed by atoms with van der Waals surface area (Å²) >= 11 is 0. The number of aliphatic hydroxyl groups is 1. The standard InChI is InChI=1S/C11H19F3N4O2/c1-8(2)5-15-6-9-16-17-10(20-9)18(3-4-19)7-11(12,13)14/h8,15,19H,3-7H2,1-2H3. The molecule has 0 aromatic carbocycles. The lowest BCUT2D eigenvalue weighted by Crippen LogP contribution is -2.36. The molecule has 116 valence electrons. The quantitative estimate of drug-likeness (QED) is 0.750. The number of halogens is 3. The monoisotopic (exact) mass is 296 g/mol. The Balaban J connectivity index is 2.61. The summed E-state index contributed by atoms with van der Waals surface area (Å²) in [6, 6.07) is -0.238. The third-order valence-electron chi connectivity index (χ3n) is 2.30. The zero-order valence-corrected chi connectivity index (χ0v) is 11.4. The van der Waals surface area contributed by atoms with Gasteiger partial charge in [0, 0.05) is 6.54 Å². The van der Waals surface area contributed by atoms with E-state index >= 15 is 0 Å². The number of rotatable bonds is 8. The van der Waals surface area contributed by atoms with Crippen LogP contribution in [0, 0.1) is 5.92 Å². The average molecular weight is 296 g/mol. The van der Waals surface area contributed by atoms with Crippen molar-refractivity contribution in [2.45, 2.75) is 26.6 Å². The van der Waals surface area contributed by atoms with Crippen molar-refractivity contribution in [2.24, 2.45) is 5.92 Å². The lowest BCUT2D eigenvalue weighted by Gasteiger charge is -2.20. The maximum Gasteiger partial charge on any atom is 0.406 e. The van der Waals surface area contributed by atoms with Gasteiger partial charge in [0.2, 0.25) is 5.89 Å². The molecule has 0 aliphatic rings. The Kier molecular flexibility index (Phi) is 6.21. The van der Waals surface area contributed by atoms with Gasteiger partial charge in [0.15, 0.2) is 0 Å². The second-order valence-electron chi connectivity index (χ2n) is 4.76. The molecule has 1 aromatic heterocycles. The van der Waals surface area contributed by atoms with Gasteiger partial charge < -0.3 is 19.7 Å². The van der Waals surface area contributed by atoms with E-state index in [0.717, 1.165) is 11.4 Å². The summed E-state index contributed by atoms with van der Waals surface area (Å²) in [6.07, 6.45) is -4.40. The van der Waals surface area contributed by atoms with Crippen LogP contribution in [-0.4, -0.2) is 47.7 Å². The summed E-state index contributed by atoms with van der Waals surface area (Å²) in [5.74, 6) is 0.652. The van der Waals surface area contributed by atoms with Crippen molar-refractivity contribution in [1.29, 1.82) is 0 Å². The second-order valence-corrected chi connectivity index (χ2v) is 4.76. The van der Waals surface area contributed by atoms with Crippen LogP contribution in [0.5, 0.6) is 0 Å². The summed E-state index contributed by atoms with van der Waals surface area (Å²) in [6.45, 7) is 3.19. The minimum absolute atomic E-state index is 0.214. The highest BCUT2D eigenvalue weighted by Crippen LogP contribution is 2.20. The zero-order valence-electron chi connectivity index (χ0n) is 11.4. The van der Waals surface area contributed by atoms with E-state index in [9.17, 15) is 13.2 Å². The smallest absolute Gasteiger partial charge is 0.406 e. The predicted octanol–water partition coefficient (Wildman–Crippen LogP) is 1.18. The van der Waals surface area contributed by atoms with Gasteiger partial charge in [0.1, 0.15) is 6.54 Å². The molecule has 0 spiro atoms. The zero-order chi connectivity index (χ0) is 15.2. The molecule has 1 heterocycles. The van der Waals surface area contributed by atoms with Gasteiger partial charge in [-0.25, -0.2) is 0 Å². The maximum absolute atomic E-state index is 12.4. The number of anilines is 1. The molecule has 0 aliphatic heterocycles. The molecule has 20 heavy (non-hydrogen) atoms. The number of nitrogens with zero attached hydrogens (tertiary/aromatic N) is 3. The van der Waals surface area contributed by atoms with Crippen LogP contribution in [0.2, 0.25) is 0 Å². The van der Waals surface area contributed by atoms with Crippen molar-refractivity contribution in [3.63, 3.8) is 0 Å². The first-order valence-electron chi connectivity index (χ1n) is 6.27. The first-order valence-corrected chi connectivity index (χ1v) is 6.27. The van der Waals surface area contributed by atoms with Gasteiger partial charge in [-0.15, -0.1) is 5.10 Å². The Morgan fingerprint density at radius 2 is 2.05 bits per heavy atom. The number of alkyl halides is 3. The Hall–Kier alpha value is -1.35. The van der Waals surface area contributed by atoms with Crippen LogP contribution in [0.3, 0.4) is 0 Å². The largest absolute Gasteiger partial charge is 0.407 e. The Bertz CT molecular complexity index is 395. The third-order valence-corrected chi connectivity index (χ3v) is 2.30. The van der Waals surface area contributed by atoms with Gasteiger partial charge in [-0.05, 0) is 12.5 Å². The van der Waals surface area contributed by atoms with E-state index in [-0.39, 0.29) is 18.5 Å². The lowest BCUT2D eigenvalue weighted by atomic mass is 10.2. The number of hydrogen-bond donors (Lipinski definition) is 2. The summed E-state index contributed by atoms with van der Waals surface area (Å²) in [4.78, 5) is 0.805. The molecular weight excluding hydrogens is 277 g/mol. The van der Waals surface area contributed by atoms with Gasteiger partial charge in [-0.3, -0.25) is 0 Å². The summed E-state index contributed by atoms with van der Waals surface area (Å²) in [7, 11) is 0. The van der Waals surface area contributed by atoms with E-state index in [4.69, 9.17) is 9.52 Å². The fourth-order valence-corrected chi connectivity index (χ4v) is 1.49. The molecule has 0 amide bonds. The van der Waals surface area contributed by atoms with Crippen LogP contribution in [0.1, 0.15) is 19.7 Å². The molecule has 0 saturated heterocycles. The Morgan fingerprint density at radius 3 is 2.60 bits per heavy atom. The number of nitrogens with one attached hydrogen (secondary N) is 1. The average Bonchev–Trinajstić information content (AvgIpc) is 2.75. The molecule has 0 aliphatic carbocycles. The van der Waals surface area contributed by atoms with Gasteiger partial charge >= 0.3 is 12.2 Å².